The molecule has 18 heavy (non-hydrogen) atoms. The number of rotatable bonds is 13. The lowest BCUT2D eigenvalue weighted by Crippen LogP contribution is -2.35. The molecule has 0 spiro atoms. The van der Waals surface area contributed by atoms with Gasteiger partial charge in [-0.3, -0.25) is 0 Å². The molecule has 0 aliphatic rings. The van der Waals surface area contributed by atoms with Crippen LogP contribution >= 0.6 is 0 Å². The van der Waals surface area contributed by atoms with Gasteiger partial charge in [0.05, 0.1) is 0 Å². The third kappa shape index (κ3) is 8.28. The maximum atomic E-state index is 5.88. The molecule has 0 aliphatic heterocycles. The third-order valence-corrected chi connectivity index (χ3v) is 4.59. The van der Waals surface area contributed by atoms with Crippen LogP contribution in [0.3, 0.4) is 0 Å². The van der Waals surface area contributed by atoms with E-state index in [0.717, 1.165) is 35.9 Å². The Labute approximate surface area is 117 Å². The van der Waals surface area contributed by atoms with E-state index in [9.17, 15) is 0 Å². The van der Waals surface area contributed by atoms with E-state index in [-0.39, 0.29) is 5.79 Å². The van der Waals surface area contributed by atoms with Crippen LogP contribution in [0.1, 0.15) is 72.1 Å². The van der Waals surface area contributed by atoms with Crippen molar-refractivity contribution in [2.75, 3.05) is 13.2 Å². The average Bonchev–Trinajstić information content (AvgIpc) is 2.38. The fraction of sp³-hybridized carbons (Fsp3) is 1.00. The minimum Gasteiger partial charge on any atom is -0.351 e. The molecule has 0 radical (unpaired) electrons. The minimum absolute atomic E-state index is 0.251. The molecule has 0 aromatic rings. The van der Waals surface area contributed by atoms with Gasteiger partial charge in [-0.25, -0.2) is 0 Å². The zero-order valence-electron chi connectivity index (χ0n) is 13.1. The Bertz CT molecular complexity index is 168. The second-order valence-corrected chi connectivity index (χ2v) is 5.71. The highest BCUT2D eigenvalue weighted by Gasteiger charge is 2.28. The maximum absolute atomic E-state index is 5.88. The topological polar surface area (TPSA) is 18.5 Å². The molecule has 0 aliphatic carbocycles. The summed E-state index contributed by atoms with van der Waals surface area (Å²) in [6.07, 6.45) is 10.5. The quantitative estimate of drug-likeness (QED) is 0.290. The fourth-order valence-electron chi connectivity index (χ4n) is 2.44. The maximum Gasteiger partial charge on any atom is 0.165 e. The molecular formula is C15H34O2Si. The van der Waals surface area contributed by atoms with Gasteiger partial charge in [0.2, 0.25) is 0 Å². The summed E-state index contributed by atoms with van der Waals surface area (Å²) in [5.74, 6) is -0.251. The molecule has 0 aromatic heterocycles. The second kappa shape index (κ2) is 12.2. The summed E-state index contributed by atoms with van der Waals surface area (Å²) in [5, 5.41) is 0. The fourth-order valence-corrected chi connectivity index (χ4v) is 3.21. The number of ether oxygens (including phenoxy) is 2. The van der Waals surface area contributed by atoms with Gasteiger partial charge in [0, 0.05) is 29.9 Å². The molecule has 0 bridgehead atoms. The molecule has 0 N–H and O–H groups in total. The average molecular weight is 275 g/mol. The molecule has 3 heteroatoms. The molecule has 0 saturated carbocycles. The van der Waals surface area contributed by atoms with Crippen LogP contribution in [-0.2, 0) is 9.47 Å². The normalized spacial score (nSPS) is 12.2. The van der Waals surface area contributed by atoms with E-state index in [2.05, 4.69) is 20.8 Å². The van der Waals surface area contributed by atoms with Crippen molar-refractivity contribution in [3.63, 3.8) is 0 Å². The Balaban J connectivity index is 3.75. The Morgan fingerprint density at radius 3 is 1.72 bits per heavy atom. The van der Waals surface area contributed by atoms with Crippen LogP contribution in [0.25, 0.3) is 0 Å². The minimum atomic E-state index is -0.251. The number of hydrogen-bond donors (Lipinski definition) is 0. The van der Waals surface area contributed by atoms with Gasteiger partial charge in [0.1, 0.15) is 0 Å². The lowest BCUT2D eigenvalue weighted by Gasteiger charge is -2.32. The highest BCUT2D eigenvalue weighted by molar-refractivity contribution is 6.09. The van der Waals surface area contributed by atoms with Crippen molar-refractivity contribution in [1.29, 1.82) is 0 Å². The van der Waals surface area contributed by atoms with Crippen molar-refractivity contribution in [2.45, 2.75) is 84.0 Å². The zero-order chi connectivity index (χ0) is 13.7. The summed E-state index contributed by atoms with van der Waals surface area (Å²) in [7, 11) is 1.15. The predicted molar refractivity (Wildman–Crippen MR) is 83.3 cm³/mol. The molecule has 110 valence electrons. The van der Waals surface area contributed by atoms with E-state index in [4.69, 9.17) is 9.47 Å². The van der Waals surface area contributed by atoms with Gasteiger partial charge in [-0.1, -0.05) is 45.4 Å². The van der Waals surface area contributed by atoms with Gasteiger partial charge < -0.3 is 9.47 Å². The molecule has 0 fully saturated rings. The van der Waals surface area contributed by atoms with Crippen LogP contribution in [0, 0.1) is 0 Å². The number of hydrogen-bond acceptors (Lipinski definition) is 2. The van der Waals surface area contributed by atoms with Crippen molar-refractivity contribution >= 4 is 10.2 Å². The largest absolute Gasteiger partial charge is 0.351 e. The van der Waals surface area contributed by atoms with E-state index in [0.29, 0.717) is 0 Å². The molecule has 0 amide bonds. The van der Waals surface area contributed by atoms with Crippen molar-refractivity contribution in [2.24, 2.45) is 0 Å². The van der Waals surface area contributed by atoms with Crippen molar-refractivity contribution in [3.8, 4) is 0 Å². The van der Waals surface area contributed by atoms with E-state index in [1.807, 2.05) is 0 Å². The highest BCUT2D eigenvalue weighted by Crippen LogP contribution is 2.25. The molecule has 2 nitrogen and oxygen atoms in total. The van der Waals surface area contributed by atoms with Crippen LogP contribution in [-0.4, -0.2) is 29.2 Å². The van der Waals surface area contributed by atoms with Crippen LogP contribution in [0.2, 0.25) is 6.04 Å². The Kier molecular flexibility index (Phi) is 12.3. The zero-order valence-corrected chi connectivity index (χ0v) is 15.1. The predicted octanol–water partition coefficient (Wildman–Crippen LogP) is 3.68. The summed E-state index contributed by atoms with van der Waals surface area (Å²) in [6, 6.07) is 1.09. The summed E-state index contributed by atoms with van der Waals surface area (Å²) in [4.78, 5) is 0. The van der Waals surface area contributed by atoms with E-state index >= 15 is 0 Å². The first-order chi connectivity index (χ1) is 8.74. The highest BCUT2D eigenvalue weighted by atomic mass is 28.1. The van der Waals surface area contributed by atoms with Gasteiger partial charge in [0.15, 0.2) is 5.79 Å². The molecule has 0 atom stereocenters. The SMILES string of the molecule is CCCCCCCCCC(C[SiH3])(OCC)OCC. The van der Waals surface area contributed by atoms with E-state index in [1.165, 1.54) is 44.9 Å². The van der Waals surface area contributed by atoms with Gasteiger partial charge in [-0.2, -0.15) is 0 Å². The first-order valence-electron chi connectivity index (χ1n) is 8.02. The van der Waals surface area contributed by atoms with Crippen molar-refractivity contribution < 1.29 is 9.47 Å². The summed E-state index contributed by atoms with van der Waals surface area (Å²) in [6.45, 7) is 7.92. The summed E-state index contributed by atoms with van der Waals surface area (Å²) < 4.78 is 11.8. The Morgan fingerprint density at radius 1 is 0.778 bits per heavy atom. The molecule has 0 heterocycles. The summed E-state index contributed by atoms with van der Waals surface area (Å²) >= 11 is 0. The van der Waals surface area contributed by atoms with Gasteiger partial charge in [-0.15, -0.1) is 0 Å². The molecule has 0 unspecified atom stereocenters. The molecule has 0 saturated heterocycles. The monoisotopic (exact) mass is 274 g/mol. The lowest BCUT2D eigenvalue weighted by atomic mass is 10.0. The van der Waals surface area contributed by atoms with Gasteiger partial charge >= 0.3 is 0 Å². The van der Waals surface area contributed by atoms with Gasteiger partial charge in [0.25, 0.3) is 0 Å². The van der Waals surface area contributed by atoms with Crippen LogP contribution < -0.4 is 0 Å². The van der Waals surface area contributed by atoms with Crippen molar-refractivity contribution in [1.82, 2.24) is 0 Å². The van der Waals surface area contributed by atoms with E-state index < -0.39 is 0 Å². The molecular weight excluding hydrogens is 240 g/mol. The standard InChI is InChI=1S/C15H34O2Si/c1-4-7-8-9-10-11-12-13-15(14-18,16-5-2)17-6-3/h4-14H2,1-3,18H3. The Hall–Kier alpha value is 0.137. The molecule has 0 aromatic carbocycles. The van der Waals surface area contributed by atoms with Crippen LogP contribution in [0.15, 0.2) is 0 Å². The lowest BCUT2D eigenvalue weighted by molar-refractivity contribution is -0.224. The van der Waals surface area contributed by atoms with Crippen LogP contribution in [0.5, 0.6) is 0 Å². The first kappa shape index (κ1) is 18.1. The van der Waals surface area contributed by atoms with Crippen LogP contribution in [0.4, 0.5) is 0 Å². The molecule has 0 rings (SSSR count). The van der Waals surface area contributed by atoms with Gasteiger partial charge in [-0.05, 0) is 26.3 Å². The third-order valence-electron chi connectivity index (χ3n) is 3.51. The first-order valence-corrected chi connectivity index (χ1v) is 9.44. The van der Waals surface area contributed by atoms with E-state index in [1.54, 1.807) is 0 Å². The summed E-state index contributed by atoms with van der Waals surface area (Å²) in [5.41, 5.74) is 0. The Morgan fingerprint density at radius 2 is 1.28 bits per heavy atom. The smallest absolute Gasteiger partial charge is 0.165 e. The number of unbranched alkanes of at least 4 members (excludes halogenated alkanes) is 6. The van der Waals surface area contributed by atoms with Crippen molar-refractivity contribution in [3.05, 3.63) is 0 Å². The second-order valence-electron chi connectivity index (χ2n) is 5.00.